The van der Waals surface area contributed by atoms with E-state index in [0.717, 1.165) is 38.5 Å². The van der Waals surface area contributed by atoms with Gasteiger partial charge in [0.05, 0.1) is 24.3 Å². The Kier molecular flexibility index (Phi) is 15.8. The molecule has 0 saturated heterocycles. The third kappa shape index (κ3) is 12.6. The van der Waals surface area contributed by atoms with Gasteiger partial charge in [-0.2, -0.15) is 0 Å². The van der Waals surface area contributed by atoms with E-state index >= 15 is 0 Å². The van der Waals surface area contributed by atoms with Crippen LogP contribution in [0.4, 0.5) is 0 Å². The summed E-state index contributed by atoms with van der Waals surface area (Å²) in [5, 5.41) is 41.0. The second-order valence-electron chi connectivity index (χ2n) is 11.9. The number of benzene rings is 4. The van der Waals surface area contributed by atoms with Crippen molar-refractivity contribution in [1.29, 1.82) is 0 Å². The summed E-state index contributed by atoms with van der Waals surface area (Å²) in [7, 11) is 0. The maximum Gasteiger partial charge on any atom is 0.196 e. The van der Waals surface area contributed by atoms with Crippen LogP contribution in [0.15, 0.2) is 97.1 Å². The van der Waals surface area contributed by atoms with Gasteiger partial charge in [0, 0.05) is 36.5 Å². The van der Waals surface area contributed by atoms with E-state index in [4.69, 9.17) is 18.9 Å². The predicted molar refractivity (Wildman–Crippen MR) is 188 cm³/mol. The van der Waals surface area contributed by atoms with Gasteiger partial charge in [0.1, 0.15) is 48.4 Å². The quantitative estimate of drug-likeness (QED) is 0.0531. The lowest BCUT2D eigenvalue weighted by Crippen LogP contribution is -2.23. The molecule has 0 heterocycles. The molecule has 0 amide bonds. The summed E-state index contributed by atoms with van der Waals surface area (Å²) < 4.78 is 22.3. The lowest BCUT2D eigenvalue weighted by molar-refractivity contribution is 0.0102. The summed E-state index contributed by atoms with van der Waals surface area (Å²) in [5.74, 6) is -0.236. The number of aromatic hydroxyl groups is 2. The molecule has 2 atom stereocenters. The average molecular weight is 687 g/mol. The standard InChI is InChI=1S/C40H46O10/c41-31(27-49-33-17-19-35(37(43)23-33)39(45)29-13-7-5-8-14-29)25-47-21-11-3-1-2-4-12-22-48-26-32(42)28-50-34-18-20-36(38(44)24-34)40(46)30-15-9-6-10-16-30/h5-10,13-20,23-24,31-32,41-44H,1-4,11-12,21-22,25-28H2. The van der Waals surface area contributed by atoms with Crippen molar-refractivity contribution in [2.75, 3.05) is 39.6 Å². The largest absolute Gasteiger partial charge is 0.507 e. The van der Waals surface area contributed by atoms with Crippen molar-refractivity contribution in [3.8, 4) is 23.0 Å². The van der Waals surface area contributed by atoms with Gasteiger partial charge in [0.25, 0.3) is 0 Å². The topological polar surface area (TPSA) is 152 Å². The second-order valence-corrected chi connectivity index (χ2v) is 11.9. The van der Waals surface area contributed by atoms with E-state index in [-0.39, 0.29) is 60.6 Å². The Morgan fingerprint density at radius 1 is 0.500 bits per heavy atom. The molecule has 4 N–H and O–H groups in total. The zero-order valence-corrected chi connectivity index (χ0v) is 28.1. The average Bonchev–Trinajstić information content (AvgIpc) is 3.13. The Labute approximate surface area is 292 Å². The number of aliphatic hydroxyl groups is 2. The number of carbonyl (C=O) groups is 2. The summed E-state index contributed by atoms with van der Waals surface area (Å²) in [6.45, 7) is 1.33. The molecule has 4 aromatic rings. The zero-order chi connectivity index (χ0) is 35.6. The molecule has 4 rings (SSSR count). The van der Waals surface area contributed by atoms with Crippen molar-refractivity contribution < 1.29 is 49.0 Å². The summed E-state index contributed by atoms with van der Waals surface area (Å²) >= 11 is 0. The van der Waals surface area contributed by atoms with E-state index in [1.54, 1.807) is 60.7 Å². The van der Waals surface area contributed by atoms with Crippen molar-refractivity contribution in [2.45, 2.75) is 50.7 Å². The SMILES string of the molecule is O=C(c1ccccc1)c1ccc(OCC(O)COCCCCCCCCOCC(O)COc2ccc(C(=O)c3ccccc3)c(O)c2)cc1O. The van der Waals surface area contributed by atoms with E-state index in [9.17, 15) is 30.0 Å². The van der Waals surface area contributed by atoms with Gasteiger partial charge in [-0.25, -0.2) is 0 Å². The van der Waals surface area contributed by atoms with Gasteiger partial charge < -0.3 is 39.4 Å². The fraction of sp³-hybridized carbons (Fsp3) is 0.350. The molecule has 2 unspecified atom stereocenters. The van der Waals surface area contributed by atoms with Crippen molar-refractivity contribution in [2.24, 2.45) is 0 Å². The minimum Gasteiger partial charge on any atom is -0.507 e. The first-order chi connectivity index (χ1) is 24.3. The second kappa shape index (κ2) is 20.7. The fourth-order valence-electron chi connectivity index (χ4n) is 5.11. The van der Waals surface area contributed by atoms with Crippen LogP contribution in [0.3, 0.4) is 0 Å². The van der Waals surface area contributed by atoms with Crippen molar-refractivity contribution >= 4 is 11.6 Å². The monoisotopic (exact) mass is 686 g/mol. The maximum atomic E-state index is 12.6. The van der Waals surface area contributed by atoms with Crippen molar-refractivity contribution in [3.05, 3.63) is 119 Å². The summed E-state index contributed by atoms with van der Waals surface area (Å²) in [6.07, 6.45) is 4.23. The molecule has 10 nitrogen and oxygen atoms in total. The Morgan fingerprint density at radius 2 is 0.880 bits per heavy atom. The molecule has 0 aliphatic heterocycles. The Morgan fingerprint density at radius 3 is 1.26 bits per heavy atom. The zero-order valence-electron chi connectivity index (χ0n) is 28.1. The van der Waals surface area contributed by atoms with Gasteiger partial charge in [-0.05, 0) is 37.1 Å². The molecule has 0 radical (unpaired) electrons. The van der Waals surface area contributed by atoms with E-state index in [0.29, 0.717) is 35.8 Å². The lowest BCUT2D eigenvalue weighted by atomic mass is 10.0. The minimum absolute atomic E-state index is 0.00533. The predicted octanol–water partition coefficient (Wildman–Crippen LogP) is 6.11. The molecule has 0 aromatic heterocycles. The number of carbonyl (C=O) groups excluding carboxylic acids is 2. The molecule has 10 heteroatoms. The molecule has 0 aliphatic carbocycles. The Balaban J connectivity index is 0.960. The highest BCUT2D eigenvalue weighted by atomic mass is 16.5. The molecule has 0 spiro atoms. The summed E-state index contributed by atoms with van der Waals surface area (Å²) in [6, 6.07) is 26.3. The molecular formula is C40H46O10. The highest BCUT2D eigenvalue weighted by molar-refractivity contribution is 6.11. The number of ether oxygens (including phenoxy) is 4. The third-order valence-electron chi connectivity index (χ3n) is 7.83. The third-order valence-corrected chi connectivity index (χ3v) is 7.83. The molecule has 0 fully saturated rings. The van der Waals surface area contributed by atoms with Gasteiger partial charge in [-0.3, -0.25) is 9.59 Å². The van der Waals surface area contributed by atoms with Crippen LogP contribution >= 0.6 is 0 Å². The van der Waals surface area contributed by atoms with E-state index in [1.165, 1.54) is 24.3 Å². The number of rotatable bonds is 23. The smallest absolute Gasteiger partial charge is 0.196 e. The molecule has 4 aromatic carbocycles. The number of unbranched alkanes of at least 4 members (excludes halogenated alkanes) is 5. The van der Waals surface area contributed by atoms with Gasteiger partial charge in [-0.15, -0.1) is 0 Å². The van der Waals surface area contributed by atoms with Gasteiger partial charge >= 0.3 is 0 Å². The maximum absolute atomic E-state index is 12.6. The minimum atomic E-state index is -0.829. The molecular weight excluding hydrogens is 640 g/mol. The fourth-order valence-corrected chi connectivity index (χ4v) is 5.11. The summed E-state index contributed by atoms with van der Waals surface area (Å²) in [4.78, 5) is 25.1. The number of hydrogen-bond donors (Lipinski definition) is 4. The number of aliphatic hydroxyl groups excluding tert-OH is 2. The lowest BCUT2D eigenvalue weighted by Gasteiger charge is -2.14. The highest BCUT2D eigenvalue weighted by Gasteiger charge is 2.16. The van der Waals surface area contributed by atoms with Crippen LogP contribution < -0.4 is 9.47 Å². The van der Waals surface area contributed by atoms with Gasteiger partial charge in [-0.1, -0.05) is 86.3 Å². The molecule has 50 heavy (non-hydrogen) atoms. The number of ketones is 2. The van der Waals surface area contributed by atoms with Crippen LogP contribution in [0.25, 0.3) is 0 Å². The number of phenols is 2. The van der Waals surface area contributed by atoms with E-state index in [2.05, 4.69) is 0 Å². The van der Waals surface area contributed by atoms with Crippen LogP contribution in [0.5, 0.6) is 23.0 Å². The Bertz CT molecular complexity index is 1490. The van der Waals surface area contributed by atoms with Crippen LogP contribution in [-0.2, 0) is 9.47 Å². The van der Waals surface area contributed by atoms with Crippen LogP contribution in [-0.4, -0.2) is 83.8 Å². The van der Waals surface area contributed by atoms with Gasteiger partial charge in [0.15, 0.2) is 11.6 Å². The van der Waals surface area contributed by atoms with Crippen LogP contribution in [0.2, 0.25) is 0 Å². The molecule has 0 bridgehead atoms. The van der Waals surface area contributed by atoms with E-state index < -0.39 is 12.2 Å². The highest BCUT2D eigenvalue weighted by Crippen LogP contribution is 2.27. The normalized spacial score (nSPS) is 12.3. The molecule has 266 valence electrons. The molecule has 0 saturated carbocycles. The van der Waals surface area contributed by atoms with E-state index in [1.807, 2.05) is 12.1 Å². The number of hydrogen-bond acceptors (Lipinski definition) is 10. The van der Waals surface area contributed by atoms with Gasteiger partial charge in [0.2, 0.25) is 0 Å². The number of phenolic OH excluding ortho intramolecular Hbond substituents is 2. The van der Waals surface area contributed by atoms with Crippen molar-refractivity contribution in [3.63, 3.8) is 0 Å². The first-order valence-electron chi connectivity index (χ1n) is 16.9. The summed E-state index contributed by atoms with van der Waals surface area (Å²) in [5.41, 5.74) is 1.33. The first kappa shape index (κ1) is 38.1. The molecule has 0 aliphatic rings. The van der Waals surface area contributed by atoms with Crippen LogP contribution in [0.1, 0.15) is 70.4 Å². The van der Waals surface area contributed by atoms with Crippen LogP contribution in [0, 0.1) is 0 Å². The Hall–Kier alpha value is -4.74. The first-order valence-corrected chi connectivity index (χ1v) is 16.9. The van der Waals surface area contributed by atoms with Crippen molar-refractivity contribution in [1.82, 2.24) is 0 Å².